The molecule has 0 aliphatic rings. The Kier molecular flexibility index (Phi) is 2.32. The first-order valence-electron chi connectivity index (χ1n) is 3.03. The first kappa shape index (κ1) is 8.57. The smallest absolute Gasteiger partial charge is 0.354 e. The molecule has 1 aromatic rings. The van der Waals surface area contributed by atoms with E-state index in [4.69, 9.17) is 15.3 Å². The number of hydrogen-bond donors (Lipinski definition) is 3. The molecular weight excluding hydrogens is 164 g/mol. The number of carbonyl (C=O) groups is 1. The van der Waals surface area contributed by atoms with Crippen molar-refractivity contribution in [3.05, 3.63) is 23.8 Å². The van der Waals surface area contributed by atoms with E-state index in [0.717, 1.165) is 12.3 Å². The fraction of sp³-hybridized carbons (Fsp3) is 0.167. The second-order valence-electron chi connectivity index (χ2n) is 1.98. The molecule has 0 amide bonds. The minimum absolute atomic E-state index is 0.270. The van der Waals surface area contributed by atoms with Crippen LogP contribution in [0.2, 0.25) is 0 Å². The molecule has 1 rings (SSSR count). The summed E-state index contributed by atoms with van der Waals surface area (Å²) in [6.45, 7) is 0. The number of carboxylic acids is 1. The van der Waals surface area contributed by atoms with E-state index in [9.17, 15) is 4.79 Å². The van der Waals surface area contributed by atoms with Gasteiger partial charge in [-0.25, -0.2) is 14.8 Å². The summed E-state index contributed by atoms with van der Waals surface area (Å²) >= 11 is 0. The standard InChI is InChI=1S/C6H6N2O4/c9-5(10)3-1-2-7-4(8-3)6(11)12/h1-2,6,11-12H,(H,9,10). The largest absolute Gasteiger partial charge is 0.477 e. The summed E-state index contributed by atoms with van der Waals surface area (Å²) in [5.41, 5.74) is -0.270. The summed E-state index contributed by atoms with van der Waals surface area (Å²) < 4.78 is 0. The van der Waals surface area contributed by atoms with E-state index in [1.54, 1.807) is 0 Å². The number of aromatic carboxylic acids is 1. The number of rotatable bonds is 2. The highest BCUT2D eigenvalue weighted by Crippen LogP contribution is 2.02. The van der Waals surface area contributed by atoms with Crippen LogP contribution in [0.4, 0.5) is 0 Å². The van der Waals surface area contributed by atoms with Gasteiger partial charge in [0.1, 0.15) is 0 Å². The highest BCUT2D eigenvalue weighted by Gasteiger charge is 2.10. The second kappa shape index (κ2) is 3.24. The number of aromatic nitrogens is 2. The van der Waals surface area contributed by atoms with Crippen LogP contribution in [-0.4, -0.2) is 31.3 Å². The molecule has 0 saturated carbocycles. The van der Waals surface area contributed by atoms with Crippen LogP contribution in [0.5, 0.6) is 0 Å². The molecule has 64 valence electrons. The van der Waals surface area contributed by atoms with Crippen molar-refractivity contribution in [3.63, 3.8) is 0 Å². The molecule has 6 nitrogen and oxygen atoms in total. The topological polar surface area (TPSA) is 104 Å². The number of aliphatic hydroxyl groups excluding tert-OH is 1. The van der Waals surface area contributed by atoms with Crippen LogP contribution in [0.1, 0.15) is 22.6 Å². The Morgan fingerprint density at radius 1 is 1.50 bits per heavy atom. The summed E-state index contributed by atoms with van der Waals surface area (Å²) in [6.07, 6.45) is -0.699. The Hall–Kier alpha value is -1.53. The second-order valence-corrected chi connectivity index (χ2v) is 1.98. The first-order chi connectivity index (χ1) is 5.61. The molecule has 1 aromatic heterocycles. The van der Waals surface area contributed by atoms with Crippen molar-refractivity contribution in [1.29, 1.82) is 0 Å². The van der Waals surface area contributed by atoms with Crippen molar-refractivity contribution in [3.8, 4) is 0 Å². The van der Waals surface area contributed by atoms with Gasteiger partial charge in [0.25, 0.3) is 0 Å². The summed E-state index contributed by atoms with van der Waals surface area (Å²) in [5.74, 6) is -1.56. The van der Waals surface area contributed by atoms with Crippen molar-refractivity contribution in [2.24, 2.45) is 0 Å². The van der Waals surface area contributed by atoms with Crippen LogP contribution in [0.15, 0.2) is 12.3 Å². The Morgan fingerprint density at radius 2 is 2.17 bits per heavy atom. The highest BCUT2D eigenvalue weighted by molar-refractivity contribution is 5.85. The highest BCUT2D eigenvalue weighted by atomic mass is 16.5. The average Bonchev–Trinajstić information content (AvgIpc) is 2.04. The van der Waals surface area contributed by atoms with Crippen LogP contribution in [-0.2, 0) is 0 Å². The maximum atomic E-state index is 10.3. The molecule has 12 heavy (non-hydrogen) atoms. The molecule has 0 saturated heterocycles. The fourth-order valence-corrected chi connectivity index (χ4v) is 0.617. The summed E-state index contributed by atoms with van der Waals surface area (Å²) in [6, 6.07) is 1.16. The van der Waals surface area contributed by atoms with E-state index in [2.05, 4.69) is 9.97 Å². The van der Waals surface area contributed by atoms with E-state index in [0.29, 0.717) is 0 Å². The molecule has 0 bridgehead atoms. The molecule has 1 heterocycles. The van der Waals surface area contributed by atoms with Gasteiger partial charge in [0.15, 0.2) is 11.5 Å². The van der Waals surface area contributed by atoms with Gasteiger partial charge in [-0.05, 0) is 6.07 Å². The first-order valence-corrected chi connectivity index (χ1v) is 3.03. The molecule has 0 fully saturated rings. The molecule has 0 aliphatic carbocycles. The van der Waals surface area contributed by atoms with Crippen LogP contribution in [0, 0.1) is 0 Å². The van der Waals surface area contributed by atoms with Gasteiger partial charge in [-0.1, -0.05) is 0 Å². The normalized spacial score (nSPS) is 10.2. The van der Waals surface area contributed by atoms with Crippen molar-refractivity contribution >= 4 is 5.97 Å². The Morgan fingerprint density at radius 3 is 2.67 bits per heavy atom. The maximum Gasteiger partial charge on any atom is 0.354 e. The fourth-order valence-electron chi connectivity index (χ4n) is 0.617. The zero-order valence-corrected chi connectivity index (χ0v) is 5.88. The average molecular weight is 170 g/mol. The van der Waals surface area contributed by atoms with E-state index in [-0.39, 0.29) is 11.5 Å². The zero-order valence-electron chi connectivity index (χ0n) is 5.88. The Labute approximate surface area is 67.1 Å². The quantitative estimate of drug-likeness (QED) is 0.500. The van der Waals surface area contributed by atoms with Gasteiger partial charge in [-0.2, -0.15) is 0 Å². The van der Waals surface area contributed by atoms with Gasteiger partial charge in [-0.15, -0.1) is 0 Å². The van der Waals surface area contributed by atoms with Gasteiger partial charge in [0.05, 0.1) is 0 Å². The van der Waals surface area contributed by atoms with Gasteiger partial charge in [-0.3, -0.25) is 0 Å². The van der Waals surface area contributed by atoms with Crippen LogP contribution in [0.25, 0.3) is 0 Å². The van der Waals surface area contributed by atoms with Crippen molar-refractivity contribution in [2.45, 2.75) is 6.29 Å². The molecular formula is C6H6N2O4. The maximum absolute atomic E-state index is 10.3. The van der Waals surface area contributed by atoms with Gasteiger partial charge < -0.3 is 15.3 Å². The SMILES string of the molecule is O=C(O)c1ccnc(C(O)O)n1. The third kappa shape index (κ3) is 1.74. The zero-order chi connectivity index (χ0) is 9.14. The molecule has 0 aromatic carbocycles. The minimum Gasteiger partial charge on any atom is -0.477 e. The van der Waals surface area contributed by atoms with E-state index in [1.807, 2.05) is 0 Å². The number of nitrogens with zero attached hydrogens (tertiary/aromatic N) is 2. The van der Waals surface area contributed by atoms with Crippen LogP contribution >= 0.6 is 0 Å². The molecule has 0 radical (unpaired) electrons. The van der Waals surface area contributed by atoms with E-state index >= 15 is 0 Å². The summed E-state index contributed by atoms with van der Waals surface area (Å²) in [7, 11) is 0. The van der Waals surface area contributed by atoms with Crippen LogP contribution < -0.4 is 0 Å². The van der Waals surface area contributed by atoms with E-state index in [1.165, 1.54) is 0 Å². The molecule has 0 aliphatic heterocycles. The molecule has 0 atom stereocenters. The number of hydrogen-bond acceptors (Lipinski definition) is 5. The number of carboxylic acid groups (broad SMARTS) is 1. The third-order valence-corrected chi connectivity index (χ3v) is 1.12. The van der Waals surface area contributed by atoms with Gasteiger partial charge >= 0.3 is 5.97 Å². The van der Waals surface area contributed by atoms with Crippen molar-refractivity contribution in [2.75, 3.05) is 0 Å². The van der Waals surface area contributed by atoms with Crippen molar-refractivity contribution in [1.82, 2.24) is 9.97 Å². The molecule has 0 spiro atoms. The summed E-state index contributed by atoms with van der Waals surface area (Å²) in [5, 5.41) is 25.6. The van der Waals surface area contributed by atoms with E-state index < -0.39 is 12.3 Å². The molecule has 3 N–H and O–H groups in total. The lowest BCUT2D eigenvalue weighted by atomic mass is 10.4. The van der Waals surface area contributed by atoms with Crippen LogP contribution in [0.3, 0.4) is 0 Å². The lowest BCUT2D eigenvalue weighted by molar-refractivity contribution is -0.0495. The lowest BCUT2D eigenvalue weighted by Crippen LogP contribution is -2.07. The van der Waals surface area contributed by atoms with Gasteiger partial charge in [0, 0.05) is 6.20 Å². The predicted octanol–water partition coefficient (Wildman–Crippen LogP) is -0.842. The Bertz CT molecular complexity index is 299. The lowest BCUT2D eigenvalue weighted by Gasteiger charge is -2.00. The minimum atomic E-state index is -1.84. The monoisotopic (exact) mass is 170 g/mol. The van der Waals surface area contributed by atoms with Gasteiger partial charge in [0.2, 0.25) is 6.29 Å². The third-order valence-electron chi connectivity index (χ3n) is 1.12. The molecule has 0 unspecified atom stereocenters. The summed E-state index contributed by atoms with van der Waals surface area (Å²) in [4.78, 5) is 17.1. The molecule has 6 heteroatoms. The predicted molar refractivity (Wildman–Crippen MR) is 36.2 cm³/mol. The van der Waals surface area contributed by atoms with Crippen molar-refractivity contribution < 1.29 is 20.1 Å². The number of aliphatic hydroxyl groups is 2. The Balaban J connectivity index is 3.04.